The maximum atomic E-state index is 12.2. The number of amides is 2. The van der Waals surface area contributed by atoms with Crippen LogP contribution in [0.2, 0.25) is 0 Å². The van der Waals surface area contributed by atoms with Crippen LogP contribution < -0.4 is 15.0 Å². The molecule has 124 valence electrons. The number of rotatable bonds is 5. The Morgan fingerprint density at radius 1 is 1.29 bits per heavy atom. The van der Waals surface area contributed by atoms with E-state index >= 15 is 0 Å². The minimum absolute atomic E-state index is 0.166. The Morgan fingerprint density at radius 3 is 2.75 bits per heavy atom. The molecule has 1 aliphatic rings. The van der Waals surface area contributed by atoms with Gasteiger partial charge in [0.15, 0.2) is 0 Å². The van der Waals surface area contributed by atoms with Crippen molar-refractivity contribution in [3.8, 4) is 5.88 Å². The summed E-state index contributed by atoms with van der Waals surface area (Å²) in [5, 5.41) is 2.85. The third-order valence-corrected chi connectivity index (χ3v) is 3.98. The molecule has 1 N–H and O–H groups in total. The van der Waals surface area contributed by atoms with Gasteiger partial charge in [-0.3, -0.25) is 9.59 Å². The number of ether oxygens (including phenoxy) is 1. The summed E-state index contributed by atoms with van der Waals surface area (Å²) < 4.78 is 5.09. The van der Waals surface area contributed by atoms with Crippen molar-refractivity contribution in [2.75, 3.05) is 18.6 Å². The van der Waals surface area contributed by atoms with Crippen molar-refractivity contribution in [3.63, 3.8) is 0 Å². The molecule has 0 bridgehead atoms. The highest BCUT2D eigenvalue weighted by molar-refractivity contribution is 5.96. The van der Waals surface area contributed by atoms with E-state index in [1.54, 1.807) is 23.2 Å². The summed E-state index contributed by atoms with van der Waals surface area (Å²) in [6, 6.07) is 11.0. The van der Waals surface area contributed by atoms with E-state index in [-0.39, 0.29) is 11.8 Å². The Kier molecular flexibility index (Phi) is 4.74. The van der Waals surface area contributed by atoms with E-state index in [1.807, 2.05) is 24.3 Å². The summed E-state index contributed by atoms with van der Waals surface area (Å²) >= 11 is 0. The van der Waals surface area contributed by atoms with Crippen LogP contribution in [0.5, 0.6) is 5.88 Å². The summed E-state index contributed by atoms with van der Waals surface area (Å²) in [5.41, 5.74) is 2.27. The van der Waals surface area contributed by atoms with Crippen LogP contribution in [0.1, 0.15) is 28.8 Å². The number of aromatic nitrogens is 1. The van der Waals surface area contributed by atoms with E-state index in [0.717, 1.165) is 24.2 Å². The highest BCUT2D eigenvalue weighted by Crippen LogP contribution is 2.21. The molecule has 1 aromatic heterocycles. The lowest BCUT2D eigenvalue weighted by Gasteiger charge is -2.16. The molecule has 2 heterocycles. The number of pyridine rings is 1. The molecular formula is C18H19N3O3. The largest absolute Gasteiger partial charge is 0.480 e. The maximum Gasteiger partial charge on any atom is 0.257 e. The first kappa shape index (κ1) is 16.0. The second-order valence-corrected chi connectivity index (χ2v) is 5.56. The van der Waals surface area contributed by atoms with Crippen LogP contribution in [-0.4, -0.2) is 30.5 Å². The van der Waals surface area contributed by atoms with Gasteiger partial charge >= 0.3 is 0 Å². The van der Waals surface area contributed by atoms with Crippen LogP contribution in [-0.2, 0) is 11.3 Å². The Morgan fingerprint density at radius 2 is 2.08 bits per heavy atom. The first-order chi connectivity index (χ1) is 11.7. The number of anilines is 1. The molecule has 24 heavy (non-hydrogen) atoms. The molecule has 2 amide bonds. The van der Waals surface area contributed by atoms with Crippen molar-refractivity contribution in [1.82, 2.24) is 10.3 Å². The van der Waals surface area contributed by atoms with Gasteiger partial charge in [0.2, 0.25) is 11.8 Å². The fourth-order valence-electron chi connectivity index (χ4n) is 2.72. The van der Waals surface area contributed by atoms with Crippen LogP contribution in [0.15, 0.2) is 42.6 Å². The van der Waals surface area contributed by atoms with Crippen LogP contribution in [0, 0.1) is 0 Å². The van der Waals surface area contributed by atoms with Gasteiger partial charge in [-0.1, -0.05) is 12.1 Å². The van der Waals surface area contributed by atoms with E-state index < -0.39 is 0 Å². The van der Waals surface area contributed by atoms with Crippen LogP contribution in [0.25, 0.3) is 0 Å². The number of methoxy groups -OCH3 is 1. The van der Waals surface area contributed by atoms with Gasteiger partial charge in [-0.05, 0) is 36.2 Å². The van der Waals surface area contributed by atoms with E-state index in [9.17, 15) is 9.59 Å². The lowest BCUT2D eigenvalue weighted by Crippen LogP contribution is -2.24. The molecule has 1 fully saturated rings. The number of hydrogen-bond acceptors (Lipinski definition) is 4. The monoisotopic (exact) mass is 325 g/mol. The van der Waals surface area contributed by atoms with E-state index in [2.05, 4.69) is 10.3 Å². The SMILES string of the molecule is COc1ncccc1C(=O)NCc1ccc(N2CCCC2=O)cc1. The zero-order chi connectivity index (χ0) is 16.9. The summed E-state index contributed by atoms with van der Waals surface area (Å²) in [4.78, 5) is 29.8. The normalized spacial score (nSPS) is 13.9. The Balaban J connectivity index is 1.62. The smallest absolute Gasteiger partial charge is 0.257 e. The molecule has 0 atom stereocenters. The molecule has 1 saturated heterocycles. The fourth-order valence-corrected chi connectivity index (χ4v) is 2.72. The van der Waals surface area contributed by atoms with Crippen LogP contribution in [0.3, 0.4) is 0 Å². The molecule has 3 rings (SSSR count). The number of benzene rings is 1. The van der Waals surface area contributed by atoms with Crippen molar-refractivity contribution >= 4 is 17.5 Å². The molecule has 0 unspecified atom stereocenters. The third kappa shape index (κ3) is 3.37. The van der Waals surface area contributed by atoms with Gasteiger partial charge in [0.1, 0.15) is 5.56 Å². The average molecular weight is 325 g/mol. The molecule has 2 aromatic rings. The van der Waals surface area contributed by atoms with Gasteiger partial charge in [0, 0.05) is 31.4 Å². The van der Waals surface area contributed by atoms with Crippen molar-refractivity contribution in [1.29, 1.82) is 0 Å². The van der Waals surface area contributed by atoms with Crippen molar-refractivity contribution in [3.05, 3.63) is 53.7 Å². The second-order valence-electron chi connectivity index (χ2n) is 5.56. The van der Waals surface area contributed by atoms with E-state index in [0.29, 0.717) is 24.4 Å². The molecule has 1 aromatic carbocycles. The molecule has 1 aliphatic heterocycles. The predicted octanol–water partition coefficient (Wildman–Crippen LogP) is 2.15. The number of carbonyl (C=O) groups excluding carboxylic acids is 2. The van der Waals surface area contributed by atoms with Gasteiger partial charge in [-0.15, -0.1) is 0 Å². The van der Waals surface area contributed by atoms with Gasteiger partial charge in [-0.25, -0.2) is 4.98 Å². The third-order valence-electron chi connectivity index (χ3n) is 3.98. The van der Waals surface area contributed by atoms with Crippen LogP contribution >= 0.6 is 0 Å². The molecule has 6 nitrogen and oxygen atoms in total. The van der Waals surface area contributed by atoms with Crippen molar-refractivity contribution in [2.24, 2.45) is 0 Å². The molecule has 0 aliphatic carbocycles. The lowest BCUT2D eigenvalue weighted by molar-refractivity contribution is -0.117. The Hall–Kier alpha value is -2.89. The Bertz CT molecular complexity index is 743. The topological polar surface area (TPSA) is 71.5 Å². The van der Waals surface area contributed by atoms with Crippen molar-refractivity contribution < 1.29 is 14.3 Å². The average Bonchev–Trinajstić information content (AvgIpc) is 3.06. The number of carbonyl (C=O) groups is 2. The highest BCUT2D eigenvalue weighted by atomic mass is 16.5. The number of nitrogens with zero attached hydrogens (tertiary/aromatic N) is 2. The zero-order valence-electron chi connectivity index (χ0n) is 13.5. The zero-order valence-corrected chi connectivity index (χ0v) is 13.5. The van der Waals surface area contributed by atoms with E-state index in [4.69, 9.17) is 4.74 Å². The summed E-state index contributed by atoms with van der Waals surface area (Å²) in [7, 11) is 1.48. The first-order valence-electron chi connectivity index (χ1n) is 7.85. The molecule has 6 heteroatoms. The second kappa shape index (κ2) is 7.12. The summed E-state index contributed by atoms with van der Waals surface area (Å²) in [5.74, 6) is 0.233. The lowest BCUT2D eigenvalue weighted by atomic mass is 10.2. The molecular weight excluding hydrogens is 306 g/mol. The van der Waals surface area contributed by atoms with Gasteiger partial charge in [0.05, 0.1) is 7.11 Å². The maximum absolute atomic E-state index is 12.2. The Labute approximate surface area is 140 Å². The first-order valence-corrected chi connectivity index (χ1v) is 7.85. The summed E-state index contributed by atoms with van der Waals surface area (Å²) in [6.07, 6.45) is 3.10. The fraction of sp³-hybridized carbons (Fsp3) is 0.278. The van der Waals surface area contributed by atoms with Gasteiger partial charge < -0.3 is 15.0 Å². The van der Waals surface area contributed by atoms with E-state index in [1.165, 1.54) is 7.11 Å². The minimum atomic E-state index is -0.237. The predicted molar refractivity (Wildman–Crippen MR) is 90.0 cm³/mol. The van der Waals surface area contributed by atoms with Crippen LogP contribution in [0.4, 0.5) is 5.69 Å². The quantitative estimate of drug-likeness (QED) is 0.914. The highest BCUT2D eigenvalue weighted by Gasteiger charge is 2.21. The van der Waals surface area contributed by atoms with Gasteiger partial charge in [0.25, 0.3) is 5.91 Å². The number of nitrogens with one attached hydrogen (secondary N) is 1. The standard InChI is InChI=1S/C18H19N3O3/c1-24-18-15(4-2-10-19-18)17(23)20-12-13-6-8-14(9-7-13)21-11-3-5-16(21)22/h2,4,6-10H,3,5,11-12H2,1H3,(H,20,23). The molecule has 0 saturated carbocycles. The number of hydrogen-bond donors (Lipinski definition) is 1. The molecule has 0 spiro atoms. The van der Waals surface area contributed by atoms with Crippen molar-refractivity contribution in [2.45, 2.75) is 19.4 Å². The minimum Gasteiger partial charge on any atom is -0.480 e. The molecule has 0 radical (unpaired) electrons. The summed E-state index contributed by atoms with van der Waals surface area (Å²) in [6.45, 7) is 1.17. The van der Waals surface area contributed by atoms with Gasteiger partial charge in [-0.2, -0.15) is 0 Å².